The number of aliphatic imine (C=N–C) groups is 1. The fourth-order valence-electron chi connectivity index (χ4n) is 4.54. The molecule has 1 aliphatic rings. The van der Waals surface area contributed by atoms with E-state index in [9.17, 15) is 9.90 Å². The minimum absolute atomic E-state index is 0.0656. The minimum Gasteiger partial charge on any atom is -0.506 e. The van der Waals surface area contributed by atoms with Crippen LogP contribution in [0.2, 0.25) is 5.02 Å². The average Bonchev–Trinajstić information content (AvgIpc) is 3.43. The second-order valence-corrected chi connectivity index (χ2v) is 11.3. The third kappa shape index (κ3) is 5.86. The predicted molar refractivity (Wildman–Crippen MR) is 165 cm³/mol. The molecular formula is C31H26BrClN2O3S. The minimum atomic E-state index is -0.607. The van der Waals surface area contributed by atoms with Crippen molar-refractivity contribution in [3.63, 3.8) is 0 Å². The molecule has 2 heterocycles. The first-order chi connectivity index (χ1) is 18.9. The zero-order valence-corrected chi connectivity index (χ0v) is 24.6. The van der Waals surface area contributed by atoms with Gasteiger partial charge in [0.15, 0.2) is 0 Å². The van der Waals surface area contributed by atoms with Crippen molar-refractivity contribution in [3.8, 4) is 0 Å². The molecular weight excluding hydrogens is 596 g/mol. The zero-order chi connectivity index (χ0) is 27.5. The number of aromatic nitrogens is 1. The van der Waals surface area contributed by atoms with Crippen LogP contribution in [-0.2, 0) is 22.5 Å². The second-order valence-electron chi connectivity index (χ2n) is 8.95. The van der Waals surface area contributed by atoms with Crippen molar-refractivity contribution in [2.45, 2.75) is 26.8 Å². The number of carbonyl (C=O) groups is 1. The molecule has 1 aliphatic heterocycles. The van der Waals surface area contributed by atoms with E-state index in [-0.39, 0.29) is 17.9 Å². The van der Waals surface area contributed by atoms with Gasteiger partial charge in [-0.15, -0.1) is 0 Å². The fourth-order valence-corrected chi connectivity index (χ4v) is 5.96. The summed E-state index contributed by atoms with van der Waals surface area (Å²) in [4.78, 5) is 18.0. The van der Waals surface area contributed by atoms with Crippen LogP contribution in [0, 0.1) is 0 Å². The lowest BCUT2D eigenvalue weighted by molar-refractivity contribution is -0.138. The van der Waals surface area contributed by atoms with Gasteiger partial charge in [0.2, 0.25) is 0 Å². The number of fused-ring (bicyclic) bond motifs is 1. The van der Waals surface area contributed by atoms with E-state index in [2.05, 4.69) is 68.9 Å². The van der Waals surface area contributed by atoms with Gasteiger partial charge < -0.3 is 14.4 Å². The highest BCUT2D eigenvalue weighted by atomic mass is 79.9. The molecule has 5 nitrogen and oxygen atoms in total. The summed E-state index contributed by atoms with van der Waals surface area (Å²) in [5.41, 5.74) is 5.21. The zero-order valence-electron chi connectivity index (χ0n) is 21.4. The van der Waals surface area contributed by atoms with E-state index < -0.39 is 5.97 Å². The number of hydrogen-bond donors (Lipinski definition) is 1. The molecule has 198 valence electrons. The largest absolute Gasteiger partial charge is 0.506 e. The Morgan fingerprint density at radius 1 is 1.10 bits per heavy atom. The number of halogens is 2. The van der Waals surface area contributed by atoms with Crippen molar-refractivity contribution >= 4 is 73.0 Å². The molecule has 0 unspecified atom stereocenters. The number of aryl methyl sites for hydroxylation is 1. The van der Waals surface area contributed by atoms with Crippen molar-refractivity contribution in [2.75, 3.05) is 6.61 Å². The number of aliphatic hydroxyl groups excluding tert-OH is 1. The smallest absolute Gasteiger partial charge is 0.344 e. The molecule has 0 radical (unpaired) electrons. The van der Waals surface area contributed by atoms with Gasteiger partial charge in [-0.3, -0.25) is 0 Å². The summed E-state index contributed by atoms with van der Waals surface area (Å²) in [6, 6.07) is 21.6. The van der Waals surface area contributed by atoms with Gasteiger partial charge in [0.1, 0.15) is 16.4 Å². The molecule has 0 atom stereocenters. The summed E-state index contributed by atoms with van der Waals surface area (Å²) in [5.74, 6) is -0.740. The quantitative estimate of drug-likeness (QED) is 0.209. The van der Waals surface area contributed by atoms with E-state index >= 15 is 0 Å². The number of benzene rings is 3. The molecule has 4 aromatic rings. The fraction of sp³-hybridized carbons (Fsp3) is 0.161. The third-order valence-corrected chi connectivity index (χ3v) is 8.17. The predicted octanol–water partition coefficient (Wildman–Crippen LogP) is 8.86. The van der Waals surface area contributed by atoms with Gasteiger partial charge in [0, 0.05) is 33.2 Å². The number of thioether (sulfide) groups is 1. The van der Waals surface area contributed by atoms with Crippen LogP contribution in [0.4, 0.5) is 5.69 Å². The molecule has 8 heteroatoms. The lowest BCUT2D eigenvalue weighted by Crippen LogP contribution is -2.12. The first kappa shape index (κ1) is 27.3. The summed E-state index contributed by atoms with van der Waals surface area (Å²) >= 11 is 10.8. The number of rotatable bonds is 7. The summed E-state index contributed by atoms with van der Waals surface area (Å²) in [7, 11) is 0. The molecule has 0 amide bonds. The Balaban J connectivity index is 1.61. The molecule has 39 heavy (non-hydrogen) atoms. The van der Waals surface area contributed by atoms with Gasteiger partial charge in [0.25, 0.3) is 0 Å². The van der Waals surface area contributed by atoms with Crippen molar-refractivity contribution in [3.05, 3.63) is 115 Å². The van der Waals surface area contributed by atoms with Crippen molar-refractivity contribution in [2.24, 2.45) is 4.99 Å². The normalized spacial score (nSPS) is 15.6. The molecule has 0 saturated carbocycles. The number of esters is 1. The van der Waals surface area contributed by atoms with Crippen molar-refractivity contribution in [1.82, 2.24) is 4.57 Å². The first-order valence-electron chi connectivity index (χ1n) is 12.6. The van der Waals surface area contributed by atoms with Gasteiger partial charge in [-0.25, -0.2) is 9.79 Å². The maximum atomic E-state index is 12.8. The Morgan fingerprint density at radius 3 is 2.54 bits per heavy atom. The van der Waals surface area contributed by atoms with E-state index in [1.165, 1.54) is 22.9 Å². The Kier molecular flexibility index (Phi) is 8.31. The molecule has 0 saturated heterocycles. The Morgan fingerprint density at radius 2 is 1.85 bits per heavy atom. The Labute approximate surface area is 245 Å². The van der Waals surface area contributed by atoms with Crippen LogP contribution in [0.15, 0.2) is 98.6 Å². The van der Waals surface area contributed by atoms with Crippen LogP contribution in [0.3, 0.4) is 0 Å². The summed E-state index contributed by atoms with van der Waals surface area (Å²) < 4.78 is 8.54. The first-order valence-corrected chi connectivity index (χ1v) is 14.6. The average molecular weight is 622 g/mol. The molecule has 0 aliphatic carbocycles. The highest BCUT2D eigenvalue weighted by Gasteiger charge is 2.33. The number of nitrogens with zero attached hydrogens (tertiary/aromatic N) is 2. The number of carbonyl (C=O) groups excluding carboxylic acids is 1. The van der Waals surface area contributed by atoms with Crippen LogP contribution in [0.1, 0.15) is 30.5 Å². The second kappa shape index (κ2) is 11.9. The maximum Gasteiger partial charge on any atom is 0.344 e. The van der Waals surface area contributed by atoms with E-state index in [1.54, 1.807) is 31.2 Å². The van der Waals surface area contributed by atoms with Crippen LogP contribution >= 0.6 is 39.3 Å². The van der Waals surface area contributed by atoms with E-state index in [0.717, 1.165) is 27.4 Å². The Hall–Kier alpha value is -3.26. The van der Waals surface area contributed by atoms with E-state index in [1.807, 2.05) is 18.2 Å². The molecule has 0 fully saturated rings. The third-order valence-electron chi connectivity index (χ3n) is 6.37. The molecule has 5 rings (SSSR count). The molecule has 1 aromatic heterocycles. The van der Waals surface area contributed by atoms with Crippen LogP contribution in [-0.4, -0.2) is 27.3 Å². The van der Waals surface area contributed by atoms with E-state index in [0.29, 0.717) is 27.2 Å². The van der Waals surface area contributed by atoms with Crippen LogP contribution in [0.25, 0.3) is 17.0 Å². The van der Waals surface area contributed by atoms with Gasteiger partial charge in [0.05, 0.1) is 22.7 Å². The summed E-state index contributed by atoms with van der Waals surface area (Å²) in [5, 5.41) is 13.3. The maximum absolute atomic E-state index is 12.8. The van der Waals surface area contributed by atoms with Crippen molar-refractivity contribution in [1.29, 1.82) is 0 Å². The molecule has 3 aromatic carbocycles. The Bertz CT molecular complexity index is 1640. The molecule has 1 N–H and O–H groups in total. The van der Waals surface area contributed by atoms with E-state index in [4.69, 9.17) is 16.3 Å². The SMILES string of the molecule is CCOC(=O)C1=C(O)/C(=C/c2cn(Cc3ccc(Br)cc3)c3c(CC)cccc23)SC1=Nc1ccc(Cl)cc1. The van der Waals surface area contributed by atoms with Gasteiger partial charge >= 0.3 is 5.97 Å². The summed E-state index contributed by atoms with van der Waals surface area (Å²) in [6.45, 7) is 4.78. The van der Waals surface area contributed by atoms with Crippen LogP contribution in [0.5, 0.6) is 0 Å². The monoisotopic (exact) mass is 620 g/mol. The number of hydrogen-bond acceptors (Lipinski definition) is 5. The highest BCUT2D eigenvalue weighted by Crippen LogP contribution is 2.41. The lowest BCUT2D eigenvalue weighted by atomic mass is 10.1. The topological polar surface area (TPSA) is 63.8 Å². The van der Waals surface area contributed by atoms with Gasteiger partial charge in [-0.1, -0.05) is 76.5 Å². The molecule has 0 bridgehead atoms. The van der Waals surface area contributed by atoms with Gasteiger partial charge in [-0.2, -0.15) is 0 Å². The molecule has 0 spiro atoms. The van der Waals surface area contributed by atoms with Crippen molar-refractivity contribution < 1.29 is 14.6 Å². The van der Waals surface area contributed by atoms with Crippen LogP contribution < -0.4 is 0 Å². The number of aliphatic hydroxyl groups is 1. The van der Waals surface area contributed by atoms with Gasteiger partial charge in [-0.05, 0) is 66.9 Å². The number of ether oxygens (including phenoxy) is 1. The lowest BCUT2D eigenvalue weighted by Gasteiger charge is -2.09. The summed E-state index contributed by atoms with van der Waals surface area (Å²) in [6.07, 6.45) is 4.91. The standard InChI is InChI=1S/C31H26BrClN2O3S/c1-3-20-6-5-7-25-21(18-35(28(20)25)17-19-8-10-22(32)11-9-19)16-26-29(36)27(31(37)38-4-2)30(39-26)34-24-14-12-23(33)13-15-24/h5-16,18,36H,3-4,17H2,1-2H3/b26-16-,34-30?. The highest BCUT2D eigenvalue weighted by molar-refractivity contribution is 9.10. The number of para-hydroxylation sites is 1.